The topological polar surface area (TPSA) is 0 Å². The molecule has 0 rings (SSSR count). The van der Waals surface area contributed by atoms with Crippen LogP contribution in [0.2, 0.25) is 5.28 Å². The van der Waals surface area contributed by atoms with E-state index in [2.05, 4.69) is 23.2 Å². The molecule has 0 saturated carbocycles. The van der Waals surface area contributed by atoms with E-state index in [1.165, 1.54) is 82.3 Å². The summed E-state index contributed by atoms with van der Waals surface area (Å²) in [4.78, 5) is 0. The third kappa shape index (κ3) is 14.5. The van der Waals surface area contributed by atoms with Crippen LogP contribution in [0.3, 0.4) is 0 Å². The standard InChI is InChI=1S/C14H29.Al.2H2/c1-3-5-7-9-11-13-14-12-10-8-6-4-2;;;/h1,3-14H2,2H3;;2*1H. The van der Waals surface area contributed by atoms with Gasteiger partial charge in [0.2, 0.25) is 0 Å². The zero-order valence-corrected chi connectivity index (χ0v) is 11.9. The monoisotopic (exact) mass is 228 g/mol. The van der Waals surface area contributed by atoms with E-state index in [4.69, 9.17) is 0 Å². The molecule has 0 aliphatic heterocycles. The fourth-order valence-corrected chi connectivity index (χ4v) is 2.27. The van der Waals surface area contributed by atoms with Crippen LogP contribution in [0.15, 0.2) is 0 Å². The maximum atomic E-state index is 2.81. The molecule has 0 N–H and O–H groups in total. The van der Waals surface area contributed by atoms with Gasteiger partial charge >= 0.3 is 0 Å². The predicted molar refractivity (Wildman–Crippen MR) is 75.9 cm³/mol. The van der Waals surface area contributed by atoms with Crippen LogP contribution < -0.4 is 0 Å². The van der Waals surface area contributed by atoms with Gasteiger partial charge in [0.05, 0.1) is 0 Å². The van der Waals surface area contributed by atoms with Crippen LogP contribution >= 0.6 is 0 Å². The van der Waals surface area contributed by atoms with Gasteiger partial charge < -0.3 is 0 Å². The Morgan fingerprint density at radius 2 is 0.933 bits per heavy atom. The van der Waals surface area contributed by atoms with E-state index in [1.54, 1.807) is 0 Å². The van der Waals surface area contributed by atoms with Crippen molar-refractivity contribution < 1.29 is 2.85 Å². The lowest BCUT2D eigenvalue weighted by Gasteiger charge is -2.02. The van der Waals surface area contributed by atoms with Gasteiger partial charge in [0, 0.05) is 2.85 Å². The van der Waals surface area contributed by atoms with Gasteiger partial charge in [-0.15, -0.1) is 5.28 Å². The summed E-state index contributed by atoms with van der Waals surface area (Å²) in [5, 5.41) is 1.29. The van der Waals surface area contributed by atoms with Gasteiger partial charge in [-0.25, -0.2) is 0 Å². The molecule has 15 heavy (non-hydrogen) atoms. The first-order valence-corrected chi connectivity index (χ1v) is 7.93. The van der Waals surface area contributed by atoms with E-state index in [0.29, 0.717) is 0 Å². The van der Waals surface area contributed by atoms with E-state index in [1.807, 2.05) is 0 Å². The van der Waals surface area contributed by atoms with Crippen LogP contribution in [-0.4, -0.2) is 16.3 Å². The number of unbranched alkanes of at least 4 members (excludes halogenated alkanes) is 11. The molecule has 0 heterocycles. The molecular formula is C14H33Al. The first-order valence-electron chi connectivity index (χ1n) is 7.12. The molecular weight excluding hydrogens is 195 g/mol. The molecule has 0 aromatic rings. The van der Waals surface area contributed by atoms with Crippen molar-refractivity contribution in [3.63, 3.8) is 0 Å². The molecule has 92 valence electrons. The quantitative estimate of drug-likeness (QED) is 0.294. The summed E-state index contributed by atoms with van der Waals surface area (Å²) in [6.07, 6.45) is 17.4. The SMILES string of the molecule is CCCCCCCCCCCCC[CH2][Al].[HH].[HH]. The van der Waals surface area contributed by atoms with Gasteiger partial charge in [0.15, 0.2) is 0 Å². The fourth-order valence-electron chi connectivity index (χ4n) is 1.99. The lowest BCUT2D eigenvalue weighted by atomic mass is 10.1. The minimum absolute atomic E-state index is 0. The Balaban J connectivity index is -0.000000980. The second-order valence-corrected chi connectivity index (χ2v) is 5.26. The third-order valence-corrected chi connectivity index (χ3v) is 3.47. The van der Waals surface area contributed by atoms with Crippen molar-refractivity contribution in [3.05, 3.63) is 0 Å². The summed E-state index contributed by atoms with van der Waals surface area (Å²) in [5.74, 6) is 0. The third-order valence-electron chi connectivity index (χ3n) is 3.06. The van der Waals surface area contributed by atoms with E-state index >= 15 is 0 Å². The minimum atomic E-state index is 0. The second-order valence-electron chi connectivity index (χ2n) is 4.68. The highest BCUT2D eigenvalue weighted by molar-refractivity contribution is 6.08. The summed E-state index contributed by atoms with van der Waals surface area (Å²) >= 11 is 2.81. The Labute approximate surface area is 109 Å². The normalized spacial score (nSPS) is 10.7. The van der Waals surface area contributed by atoms with E-state index in [-0.39, 0.29) is 2.85 Å². The van der Waals surface area contributed by atoms with Crippen LogP contribution in [0.1, 0.15) is 86.8 Å². The van der Waals surface area contributed by atoms with Crippen molar-refractivity contribution in [1.82, 2.24) is 0 Å². The largest absolute Gasteiger partial charge is 0.118 e. The molecule has 0 aromatic carbocycles. The van der Waals surface area contributed by atoms with E-state index in [9.17, 15) is 0 Å². The van der Waals surface area contributed by atoms with Gasteiger partial charge in [-0.1, -0.05) is 84.0 Å². The molecule has 0 atom stereocenters. The molecule has 0 bridgehead atoms. The molecule has 0 fully saturated rings. The van der Waals surface area contributed by atoms with Gasteiger partial charge in [-0.05, 0) is 0 Å². The molecule has 0 unspecified atom stereocenters. The first kappa shape index (κ1) is 15.5. The predicted octanol–water partition coefficient (Wildman–Crippen LogP) is 5.77. The number of hydrogen-bond acceptors (Lipinski definition) is 0. The Morgan fingerprint density at radius 1 is 0.600 bits per heavy atom. The average molecular weight is 228 g/mol. The lowest BCUT2D eigenvalue weighted by Crippen LogP contribution is -1.82. The van der Waals surface area contributed by atoms with Crippen molar-refractivity contribution in [1.29, 1.82) is 0 Å². The second kappa shape index (κ2) is 14.5. The number of rotatable bonds is 12. The summed E-state index contributed by atoms with van der Waals surface area (Å²) in [6.45, 7) is 2.29. The lowest BCUT2D eigenvalue weighted by molar-refractivity contribution is 0.548. The van der Waals surface area contributed by atoms with Crippen LogP contribution in [-0.2, 0) is 0 Å². The molecule has 0 aromatic heterocycles. The van der Waals surface area contributed by atoms with Crippen LogP contribution in [0.25, 0.3) is 0 Å². The Hall–Kier alpha value is 0.532. The first-order chi connectivity index (χ1) is 7.41. The van der Waals surface area contributed by atoms with Gasteiger partial charge in [0.25, 0.3) is 0 Å². The van der Waals surface area contributed by atoms with Crippen molar-refractivity contribution in [2.24, 2.45) is 0 Å². The number of hydrogen-bond donors (Lipinski definition) is 0. The van der Waals surface area contributed by atoms with Crippen LogP contribution in [0.4, 0.5) is 0 Å². The summed E-state index contributed by atoms with van der Waals surface area (Å²) in [5.41, 5.74) is 0. The Kier molecular flexibility index (Phi) is 15.0. The van der Waals surface area contributed by atoms with Crippen molar-refractivity contribution in [2.45, 2.75) is 89.3 Å². The van der Waals surface area contributed by atoms with Crippen LogP contribution in [0.5, 0.6) is 0 Å². The van der Waals surface area contributed by atoms with Crippen molar-refractivity contribution in [2.75, 3.05) is 0 Å². The zero-order valence-electron chi connectivity index (χ0n) is 10.8. The van der Waals surface area contributed by atoms with E-state index < -0.39 is 0 Å². The van der Waals surface area contributed by atoms with Crippen LogP contribution in [0, 0.1) is 0 Å². The van der Waals surface area contributed by atoms with Crippen molar-refractivity contribution in [3.8, 4) is 0 Å². The van der Waals surface area contributed by atoms with Gasteiger partial charge in [-0.2, -0.15) is 0 Å². The molecule has 0 saturated heterocycles. The highest BCUT2D eigenvalue weighted by Gasteiger charge is 1.92. The maximum Gasteiger partial charge on any atom is 0.118 e. The molecule has 2 radical (unpaired) electrons. The van der Waals surface area contributed by atoms with Crippen molar-refractivity contribution >= 4 is 16.3 Å². The van der Waals surface area contributed by atoms with E-state index in [0.717, 1.165) is 0 Å². The van der Waals surface area contributed by atoms with Gasteiger partial charge in [-0.3, -0.25) is 0 Å². The highest BCUT2D eigenvalue weighted by atomic mass is 27.0. The average Bonchev–Trinajstić information content (AvgIpc) is 2.26. The summed E-state index contributed by atoms with van der Waals surface area (Å²) < 4.78 is 0. The summed E-state index contributed by atoms with van der Waals surface area (Å²) in [7, 11) is 0. The zero-order chi connectivity index (χ0) is 11.2. The van der Waals surface area contributed by atoms with Gasteiger partial charge in [0.1, 0.15) is 16.3 Å². The smallest absolute Gasteiger partial charge is 0.118 e. The summed E-state index contributed by atoms with van der Waals surface area (Å²) in [6, 6.07) is 0. The molecule has 0 nitrogen and oxygen atoms in total. The Morgan fingerprint density at radius 3 is 1.27 bits per heavy atom. The minimum Gasteiger partial charge on any atom is -0.118 e. The molecule has 0 spiro atoms. The molecule has 1 heteroatoms. The fraction of sp³-hybridized carbons (Fsp3) is 1.00. The molecule has 0 aliphatic carbocycles. The molecule has 0 aliphatic rings. The Bertz CT molecular complexity index is 98.4. The molecule has 0 amide bonds. The highest BCUT2D eigenvalue weighted by Crippen LogP contribution is 2.11. The maximum absolute atomic E-state index is 2.81.